The molecule has 0 unspecified atom stereocenters. The van der Waals surface area contributed by atoms with Crippen LogP contribution in [0, 0.1) is 11.7 Å². The molecule has 2 N–H and O–H groups in total. The summed E-state index contributed by atoms with van der Waals surface area (Å²) in [6.07, 6.45) is 0.853. The van der Waals surface area contributed by atoms with E-state index in [4.69, 9.17) is 17.3 Å². The van der Waals surface area contributed by atoms with Gasteiger partial charge in [-0.2, -0.15) is 5.10 Å². The normalized spacial score (nSPS) is 11.2. The third kappa shape index (κ3) is 2.64. The van der Waals surface area contributed by atoms with Gasteiger partial charge >= 0.3 is 0 Å². The van der Waals surface area contributed by atoms with Gasteiger partial charge in [-0.1, -0.05) is 25.4 Å². The lowest BCUT2D eigenvalue weighted by atomic mass is 10.1. The standard InChI is InChI=1S/C13H15ClFN3/c1-8(2)5-9-6-13(16)18(17-9)10-3-4-12(15)11(14)7-10/h3-4,6-8H,5,16H2,1-2H3. The van der Waals surface area contributed by atoms with Crippen LogP contribution in [0.15, 0.2) is 24.3 Å². The predicted molar refractivity (Wildman–Crippen MR) is 71.5 cm³/mol. The fourth-order valence-electron chi connectivity index (χ4n) is 1.79. The van der Waals surface area contributed by atoms with Crippen molar-refractivity contribution in [3.05, 3.63) is 40.8 Å². The largest absolute Gasteiger partial charge is 0.384 e. The lowest BCUT2D eigenvalue weighted by molar-refractivity contribution is 0.624. The minimum atomic E-state index is -0.450. The summed E-state index contributed by atoms with van der Waals surface area (Å²) in [5.74, 6) is 0.575. The molecule has 0 bridgehead atoms. The number of hydrogen-bond donors (Lipinski definition) is 1. The molecule has 1 aromatic heterocycles. The first kappa shape index (κ1) is 12.9. The SMILES string of the molecule is CC(C)Cc1cc(N)n(-c2ccc(F)c(Cl)c2)n1. The molecule has 0 saturated carbocycles. The number of benzene rings is 1. The van der Waals surface area contributed by atoms with E-state index in [-0.39, 0.29) is 5.02 Å². The first-order valence-electron chi connectivity index (χ1n) is 5.77. The monoisotopic (exact) mass is 267 g/mol. The molecule has 0 aliphatic heterocycles. The van der Waals surface area contributed by atoms with Crippen LogP contribution in [0.25, 0.3) is 5.69 Å². The number of hydrogen-bond acceptors (Lipinski definition) is 2. The van der Waals surface area contributed by atoms with E-state index in [9.17, 15) is 4.39 Å². The zero-order valence-electron chi connectivity index (χ0n) is 10.3. The van der Waals surface area contributed by atoms with Gasteiger partial charge in [-0.3, -0.25) is 0 Å². The van der Waals surface area contributed by atoms with E-state index in [0.29, 0.717) is 17.4 Å². The van der Waals surface area contributed by atoms with Crippen LogP contribution in [0.4, 0.5) is 10.2 Å². The molecule has 2 rings (SSSR count). The van der Waals surface area contributed by atoms with E-state index in [0.717, 1.165) is 12.1 Å². The number of halogens is 2. The third-order valence-corrected chi connectivity index (χ3v) is 2.84. The molecule has 96 valence electrons. The molecule has 1 heterocycles. The summed E-state index contributed by atoms with van der Waals surface area (Å²) < 4.78 is 14.7. The summed E-state index contributed by atoms with van der Waals surface area (Å²) in [6, 6.07) is 6.25. The molecular formula is C13H15ClFN3. The van der Waals surface area contributed by atoms with E-state index in [2.05, 4.69) is 18.9 Å². The molecule has 0 spiro atoms. The Morgan fingerprint density at radius 3 is 2.72 bits per heavy atom. The van der Waals surface area contributed by atoms with Crippen molar-refractivity contribution in [2.45, 2.75) is 20.3 Å². The van der Waals surface area contributed by atoms with Gasteiger partial charge in [-0.25, -0.2) is 9.07 Å². The van der Waals surface area contributed by atoms with Gasteiger partial charge in [-0.15, -0.1) is 0 Å². The van der Waals surface area contributed by atoms with E-state index >= 15 is 0 Å². The van der Waals surface area contributed by atoms with Crippen molar-refractivity contribution in [1.82, 2.24) is 9.78 Å². The highest BCUT2D eigenvalue weighted by Crippen LogP contribution is 2.21. The van der Waals surface area contributed by atoms with Crippen LogP contribution in [0.3, 0.4) is 0 Å². The number of nitrogens with two attached hydrogens (primary N) is 1. The van der Waals surface area contributed by atoms with Crippen molar-refractivity contribution >= 4 is 17.4 Å². The molecule has 1 aromatic carbocycles. The van der Waals surface area contributed by atoms with Crippen LogP contribution >= 0.6 is 11.6 Å². The molecule has 18 heavy (non-hydrogen) atoms. The predicted octanol–water partition coefficient (Wildman–Crippen LogP) is 3.45. The Hall–Kier alpha value is -1.55. The van der Waals surface area contributed by atoms with Gasteiger partial charge in [0.2, 0.25) is 0 Å². The second kappa shape index (κ2) is 4.98. The first-order chi connectivity index (χ1) is 8.47. The molecule has 0 atom stereocenters. The molecule has 0 radical (unpaired) electrons. The molecular weight excluding hydrogens is 253 g/mol. The molecule has 3 nitrogen and oxygen atoms in total. The molecule has 0 aliphatic carbocycles. The minimum Gasteiger partial charge on any atom is -0.384 e. The number of nitrogen functional groups attached to an aromatic ring is 1. The quantitative estimate of drug-likeness (QED) is 0.926. The maximum atomic E-state index is 13.1. The molecule has 0 fully saturated rings. The van der Waals surface area contributed by atoms with Gasteiger partial charge < -0.3 is 5.73 Å². The molecule has 0 amide bonds. The Kier molecular flexibility index (Phi) is 3.57. The average Bonchev–Trinajstić information content (AvgIpc) is 2.62. The molecule has 2 aromatic rings. The minimum absolute atomic E-state index is 0.0628. The summed E-state index contributed by atoms with van der Waals surface area (Å²) in [4.78, 5) is 0. The van der Waals surface area contributed by atoms with Gasteiger partial charge in [0, 0.05) is 6.07 Å². The van der Waals surface area contributed by atoms with Gasteiger partial charge in [0.1, 0.15) is 11.6 Å². The van der Waals surface area contributed by atoms with Crippen LogP contribution < -0.4 is 5.73 Å². The van der Waals surface area contributed by atoms with Gasteiger partial charge in [-0.05, 0) is 30.5 Å². The third-order valence-electron chi connectivity index (χ3n) is 2.55. The summed E-state index contributed by atoms with van der Waals surface area (Å²) in [5, 5.41) is 4.46. The summed E-state index contributed by atoms with van der Waals surface area (Å²) >= 11 is 5.75. The van der Waals surface area contributed by atoms with Crippen molar-refractivity contribution in [1.29, 1.82) is 0 Å². The van der Waals surface area contributed by atoms with E-state index < -0.39 is 5.82 Å². The molecule has 0 aliphatic rings. The Morgan fingerprint density at radius 1 is 1.39 bits per heavy atom. The number of nitrogens with zero attached hydrogens (tertiary/aromatic N) is 2. The summed E-state index contributed by atoms with van der Waals surface area (Å²) in [6.45, 7) is 4.23. The highest BCUT2D eigenvalue weighted by atomic mass is 35.5. The Labute approximate surface area is 110 Å². The van der Waals surface area contributed by atoms with E-state index in [1.165, 1.54) is 12.1 Å². The second-order valence-electron chi connectivity index (χ2n) is 4.67. The van der Waals surface area contributed by atoms with E-state index in [1.807, 2.05) is 6.07 Å². The number of rotatable bonds is 3. The van der Waals surface area contributed by atoms with Crippen molar-refractivity contribution in [2.24, 2.45) is 5.92 Å². The van der Waals surface area contributed by atoms with Gasteiger partial charge in [0.15, 0.2) is 0 Å². The van der Waals surface area contributed by atoms with Crippen molar-refractivity contribution < 1.29 is 4.39 Å². The maximum Gasteiger partial charge on any atom is 0.141 e. The van der Waals surface area contributed by atoms with Crippen LogP contribution in [0.5, 0.6) is 0 Å². The fourth-order valence-corrected chi connectivity index (χ4v) is 1.96. The van der Waals surface area contributed by atoms with Crippen LogP contribution in [0.2, 0.25) is 5.02 Å². The van der Waals surface area contributed by atoms with Crippen LogP contribution in [-0.2, 0) is 6.42 Å². The zero-order chi connectivity index (χ0) is 13.3. The highest BCUT2D eigenvalue weighted by molar-refractivity contribution is 6.30. The summed E-state index contributed by atoms with van der Waals surface area (Å²) in [5.41, 5.74) is 7.48. The van der Waals surface area contributed by atoms with Crippen LogP contribution in [-0.4, -0.2) is 9.78 Å². The van der Waals surface area contributed by atoms with Crippen molar-refractivity contribution in [2.75, 3.05) is 5.73 Å². The topological polar surface area (TPSA) is 43.8 Å². The van der Waals surface area contributed by atoms with Crippen molar-refractivity contribution in [3.8, 4) is 5.69 Å². The van der Waals surface area contributed by atoms with Gasteiger partial charge in [0.25, 0.3) is 0 Å². The number of anilines is 1. The van der Waals surface area contributed by atoms with E-state index in [1.54, 1.807) is 10.7 Å². The average molecular weight is 268 g/mol. The van der Waals surface area contributed by atoms with Crippen LogP contribution in [0.1, 0.15) is 19.5 Å². The zero-order valence-corrected chi connectivity index (χ0v) is 11.1. The molecule has 5 heteroatoms. The fraction of sp³-hybridized carbons (Fsp3) is 0.308. The second-order valence-corrected chi connectivity index (χ2v) is 5.08. The summed E-state index contributed by atoms with van der Waals surface area (Å²) in [7, 11) is 0. The Morgan fingerprint density at radius 2 is 2.11 bits per heavy atom. The smallest absolute Gasteiger partial charge is 0.141 e. The molecule has 0 saturated heterocycles. The highest BCUT2D eigenvalue weighted by Gasteiger charge is 2.10. The van der Waals surface area contributed by atoms with Gasteiger partial charge in [0.05, 0.1) is 16.4 Å². The first-order valence-corrected chi connectivity index (χ1v) is 6.15. The number of aromatic nitrogens is 2. The maximum absolute atomic E-state index is 13.1. The Bertz CT molecular complexity index is 563. The lowest BCUT2D eigenvalue weighted by Gasteiger charge is -2.05. The lowest BCUT2D eigenvalue weighted by Crippen LogP contribution is -2.03. The van der Waals surface area contributed by atoms with Crippen molar-refractivity contribution in [3.63, 3.8) is 0 Å². The Balaban J connectivity index is 2.38.